The van der Waals surface area contributed by atoms with Crippen LogP contribution in [-0.4, -0.2) is 32.5 Å². The summed E-state index contributed by atoms with van der Waals surface area (Å²) in [4.78, 5) is 10.4. The minimum atomic E-state index is -3.70. The second-order valence-electron chi connectivity index (χ2n) is 4.12. The van der Waals surface area contributed by atoms with E-state index in [1.165, 1.54) is 12.1 Å². The van der Waals surface area contributed by atoms with Crippen molar-refractivity contribution in [2.45, 2.75) is 24.0 Å². The predicted octanol–water partition coefficient (Wildman–Crippen LogP) is 0.141. The molecule has 0 radical (unpaired) electrons. The Bertz CT molecular complexity index is 501. The smallest absolute Gasteiger partial charge is 0.273 e. The van der Waals surface area contributed by atoms with E-state index >= 15 is 0 Å². The average molecular weight is 259 g/mol. The van der Waals surface area contributed by atoms with Gasteiger partial charge in [0.25, 0.3) is 10.0 Å². The highest BCUT2D eigenvalue weighted by molar-refractivity contribution is 7.89. The second-order valence-corrected chi connectivity index (χ2v) is 5.82. The monoisotopic (exact) mass is 259 g/mol. The van der Waals surface area contributed by atoms with E-state index in [1.54, 1.807) is 0 Å². The minimum absolute atomic E-state index is 0.0237. The van der Waals surface area contributed by atoms with Gasteiger partial charge in [0, 0.05) is 6.54 Å². The van der Waals surface area contributed by atoms with Crippen molar-refractivity contribution in [3.8, 4) is 0 Å². The Balaban J connectivity index is 1.96. The molecule has 0 aliphatic heterocycles. The quantitative estimate of drug-likeness (QED) is 0.733. The number of aldehydes is 1. The largest absolute Gasteiger partial charge is 0.440 e. The molecule has 94 valence electrons. The van der Waals surface area contributed by atoms with E-state index < -0.39 is 10.0 Å². The molecule has 1 fully saturated rings. The van der Waals surface area contributed by atoms with Crippen LogP contribution in [0.15, 0.2) is 21.6 Å². The van der Waals surface area contributed by atoms with Crippen LogP contribution in [0, 0.1) is 5.92 Å². The zero-order chi connectivity index (χ0) is 12.5. The van der Waals surface area contributed by atoms with E-state index in [2.05, 4.69) is 4.72 Å². The van der Waals surface area contributed by atoms with E-state index in [0.717, 1.165) is 0 Å². The fourth-order valence-corrected chi connectivity index (χ4v) is 2.76. The molecule has 0 unspecified atom stereocenters. The normalized spacial score (nSPS) is 24.3. The van der Waals surface area contributed by atoms with Crippen molar-refractivity contribution in [3.63, 3.8) is 0 Å². The maximum absolute atomic E-state index is 11.7. The number of furan rings is 1. The summed E-state index contributed by atoms with van der Waals surface area (Å²) >= 11 is 0. The molecule has 0 amide bonds. The first-order valence-corrected chi connectivity index (χ1v) is 6.72. The molecular weight excluding hydrogens is 246 g/mol. The van der Waals surface area contributed by atoms with Gasteiger partial charge in [0.2, 0.25) is 5.09 Å². The third-order valence-electron chi connectivity index (χ3n) is 2.76. The predicted molar refractivity (Wildman–Crippen MR) is 58.0 cm³/mol. The number of sulfonamides is 1. The summed E-state index contributed by atoms with van der Waals surface area (Å²) in [6.07, 6.45) is 1.36. The molecule has 7 heteroatoms. The van der Waals surface area contributed by atoms with Crippen LogP contribution in [0.4, 0.5) is 0 Å². The van der Waals surface area contributed by atoms with Gasteiger partial charge in [0.1, 0.15) is 0 Å². The first-order valence-electron chi connectivity index (χ1n) is 5.24. The summed E-state index contributed by atoms with van der Waals surface area (Å²) in [5, 5.41) is 8.80. The molecule has 1 saturated carbocycles. The van der Waals surface area contributed by atoms with Crippen molar-refractivity contribution in [1.29, 1.82) is 0 Å². The van der Waals surface area contributed by atoms with E-state index in [4.69, 9.17) is 9.52 Å². The standard InChI is InChI=1S/C10H13NO5S/c12-6-9-1-2-10(16-9)17(14,15)11-5-7-3-8(13)4-7/h1-2,6-8,11,13H,3-5H2. The zero-order valence-electron chi connectivity index (χ0n) is 9.00. The van der Waals surface area contributed by atoms with Crippen molar-refractivity contribution in [2.75, 3.05) is 6.54 Å². The van der Waals surface area contributed by atoms with Gasteiger partial charge in [-0.3, -0.25) is 4.79 Å². The van der Waals surface area contributed by atoms with Gasteiger partial charge in [-0.15, -0.1) is 0 Å². The maximum atomic E-state index is 11.7. The lowest BCUT2D eigenvalue weighted by Gasteiger charge is -2.31. The van der Waals surface area contributed by atoms with Gasteiger partial charge in [-0.05, 0) is 30.9 Å². The van der Waals surface area contributed by atoms with Gasteiger partial charge in [0.15, 0.2) is 12.0 Å². The van der Waals surface area contributed by atoms with Crippen molar-refractivity contribution in [2.24, 2.45) is 5.92 Å². The van der Waals surface area contributed by atoms with Crippen LogP contribution in [0.5, 0.6) is 0 Å². The Hall–Kier alpha value is -1.18. The minimum Gasteiger partial charge on any atom is -0.440 e. The molecule has 0 bridgehead atoms. The Labute approximate surface area is 98.7 Å². The first-order chi connectivity index (χ1) is 8.01. The van der Waals surface area contributed by atoms with Crippen LogP contribution >= 0.6 is 0 Å². The molecule has 1 aromatic heterocycles. The van der Waals surface area contributed by atoms with Crippen LogP contribution in [0.1, 0.15) is 23.4 Å². The second kappa shape index (κ2) is 4.59. The molecule has 1 heterocycles. The number of hydrogen-bond donors (Lipinski definition) is 2. The fraction of sp³-hybridized carbons (Fsp3) is 0.500. The Kier molecular flexibility index (Phi) is 3.32. The number of nitrogens with one attached hydrogen (secondary N) is 1. The highest BCUT2D eigenvalue weighted by Gasteiger charge is 2.29. The van der Waals surface area contributed by atoms with Crippen LogP contribution < -0.4 is 4.72 Å². The summed E-state index contributed by atoms with van der Waals surface area (Å²) in [6, 6.07) is 2.54. The highest BCUT2D eigenvalue weighted by atomic mass is 32.2. The number of aliphatic hydroxyl groups excluding tert-OH is 1. The van der Waals surface area contributed by atoms with Crippen molar-refractivity contribution in [3.05, 3.63) is 17.9 Å². The summed E-state index contributed by atoms with van der Waals surface area (Å²) in [7, 11) is -3.70. The van der Waals surface area contributed by atoms with Crippen LogP contribution in [0.25, 0.3) is 0 Å². The summed E-state index contributed by atoms with van der Waals surface area (Å²) in [5.74, 6) is 0.143. The molecule has 6 nitrogen and oxygen atoms in total. The third-order valence-corrected chi connectivity index (χ3v) is 4.05. The van der Waals surface area contributed by atoms with Gasteiger partial charge in [-0.1, -0.05) is 0 Å². The number of aliphatic hydroxyl groups is 1. The maximum Gasteiger partial charge on any atom is 0.273 e. The molecule has 2 rings (SSSR count). The van der Waals surface area contributed by atoms with Crippen molar-refractivity contribution < 1.29 is 22.7 Å². The van der Waals surface area contributed by atoms with Gasteiger partial charge in [-0.2, -0.15) is 0 Å². The highest BCUT2D eigenvalue weighted by Crippen LogP contribution is 2.26. The lowest BCUT2D eigenvalue weighted by atomic mass is 9.83. The SMILES string of the molecule is O=Cc1ccc(S(=O)(=O)NCC2CC(O)C2)o1. The lowest BCUT2D eigenvalue weighted by Crippen LogP contribution is -2.38. The van der Waals surface area contributed by atoms with E-state index in [-0.39, 0.29) is 29.4 Å². The van der Waals surface area contributed by atoms with Crippen molar-refractivity contribution >= 4 is 16.3 Å². The molecule has 0 aromatic carbocycles. The molecule has 17 heavy (non-hydrogen) atoms. The first kappa shape index (κ1) is 12.3. The molecule has 2 N–H and O–H groups in total. The fourth-order valence-electron chi connectivity index (χ4n) is 1.71. The van der Waals surface area contributed by atoms with E-state index in [9.17, 15) is 13.2 Å². The van der Waals surface area contributed by atoms with Crippen LogP contribution in [0.2, 0.25) is 0 Å². The molecule has 1 aliphatic rings. The molecule has 0 atom stereocenters. The molecule has 0 spiro atoms. The van der Waals surface area contributed by atoms with Gasteiger partial charge in [0.05, 0.1) is 6.10 Å². The molecule has 1 aliphatic carbocycles. The van der Waals surface area contributed by atoms with Gasteiger partial charge in [-0.25, -0.2) is 13.1 Å². The summed E-state index contributed by atoms with van der Waals surface area (Å²) < 4.78 is 30.6. The Morgan fingerprint density at radius 2 is 2.18 bits per heavy atom. The topological polar surface area (TPSA) is 96.6 Å². The van der Waals surface area contributed by atoms with Crippen LogP contribution in [0.3, 0.4) is 0 Å². The lowest BCUT2D eigenvalue weighted by molar-refractivity contribution is 0.0453. The summed E-state index contributed by atoms with van der Waals surface area (Å²) in [6.45, 7) is 0.274. The molecule has 1 aromatic rings. The van der Waals surface area contributed by atoms with E-state index in [0.29, 0.717) is 19.1 Å². The van der Waals surface area contributed by atoms with Gasteiger partial charge >= 0.3 is 0 Å². The Morgan fingerprint density at radius 3 is 2.71 bits per heavy atom. The van der Waals surface area contributed by atoms with Crippen LogP contribution in [-0.2, 0) is 10.0 Å². The number of hydrogen-bond acceptors (Lipinski definition) is 5. The zero-order valence-corrected chi connectivity index (χ0v) is 9.81. The van der Waals surface area contributed by atoms with E-state index in [1.807, 2.05) is 0 Å². The summed E-state index contributed by atoms with van der Waals surface area (Å²) in [5.41, 5.74) is 0. The number of rotatable bonds is 5. The van der Waals surface area contributed by atoms with Crippen molar-refractivity contribution in [1.82, 2.24) is 4.72 Å². The average Bonchev–Trinajstić information content (AvgIpc) is 2.72. The number of carbonyl (C=O) groups is 1. The molecule has 0 saturated heterocycles. The third kappa shape index (κ3) is 2.74. The number of carbonyl (C=O) groups excluding carboxylic acids is 1. The van der Waals surface area contributed by atoms with Gasteiger partial charge < -0.3 is 9.52 Å². The molecular formula is C10H13NO5S. The Morgan fingerprint density at radius 1 is 1.47 bits per heavy atom.